The Balaban J connectivity index is 1.76. The zero-order valence-corrected chi connectivity index (χ0v) is 11.7. The molecule has 4 nitrogen and oxygen atoms in total. The van der Waals surface area contributed by atoms with Gasteiger partial charge in [0.2, 0.25) is 0 Å². The van der Waals surface area contributed by atoms with Gasteiger partial charge in [0.05, 0.1) is 22.9 Å². The summed E-state index contributed by atoms with van der Waals surface area (Å²) >= 11 is 5.88. The molecule has 0 saturated heterocycles. The molecule has 0 bridgehead atoms. The Morgan fingerprint density at radius 3 is 2.90 bits per heavy atom. The minimum atomic E-state index is -0.754. The first-order chi connectivity index (χ1) is 10.1. The van der Waals surface area contributed by atoms with Gasteiger partial charge in [0.25, 0.3) is 5.91 Å². The molecule has 6 heteroatoms. The molecule has 0 aromatic heterocycles. The molecule has 2 aromatic rings. The summed E-state index contributed by atoms with van der Waals surface area (Å²) in [4.78, 5) is 12.2. The van der Waals surface area contributed by atoms with Gasteiger partial charge in [-0.2, -0.15) is 0 Å². The number of ether oxygens (including phenoxy) is 1. The van der Waals surface area contributed by atoms with Crippen LogP contribution >= 0.6 is 11.6 Å². The quantitative estimate of drug-likeness (QED) is 0.895. The summed E-state index contributed by atoms with van der Waals surface area (Å²) in [6, 6.07) is 11.5. The molecule has 0 radical (unpaired) electrons. The van der Waals surface area contributed by atoms with Crippen molar-refractivity contribution in [2.75, 3.05) is 17.2 Å². The fourth-order valence-electron chi connectivity index (χ4n) is 2.08. The van der Waals surface area contributed by atoms with Crippen LogP contribution in [0.15, 0.2) is 42.5 Å². The maximum Gasteiger partial charge on any atom is 0.267 e. The molecule has 1 atom stereocenters. The molecule has 108 valence electrons. The van der Waals surface area contributed by atoms with E-state index in [0.29, 0.717) is 12.3 Å². The van der Waals surface area contributed by atoms with Crippen molar-refractivity contribution in [3.8, 4) is 5.75 Å². The van der Waals surface area contributed by atoms with Crippen LogP contribution < -0.4 is 15.4 Å². The summed E-state index contributed by atoms with van der Waals surface area (Å²) in [5.74, 6) is -0.451. The minimum Gasteiger partial charge on any atom is -0.477 e. The van der Waals surface area contributed by atoms with E-state index in [9.17, 15) is 9.18 Å². The summed E-state index contributed by atoms with van der Waals surface area (Å²) in [5, 5.41) is 5.71. The van der Waals surface area contributed by atoms with Crippen LogP contribution in [0.1, 0.15) is 0 Å². The molecule has 0 spiro atoms. The van der Waals surface area contributed by atoms with Gasteiger partial charge in [-0.15, -0.1) is 0 Å². The monoisotopic (exact) mass is 306 g/mol. The van der Waals surface area contributed by atoms with E-state index >= 15 is 0 Å². The fraction of sp³-hybridized carbons (Fsp3) is 0.133. The van der Waals surface area contributed by atoms with Gasteiger partial charge < -0.3 is 15.4 Å². The van der Waals surface area contributed by atoms with Crippen LogP contribution in [0.25, 0.3) is 0 Å². The molecular weight excluding hydrogens is 295 g/mol. The van der Waals surface area contributed by atoms with Crippen molar-refractivity contribution in [1.29, 1.82) is 0 Å². The molecular formula is C15H12ClFN2O2. The Labute approximate surface area is 125 Å². The average molecular weight is 307 g/mol. The maximum absolute atomic E-state index is 13.7. The van der Waals surface area contributed by atoms with E-state index in [-0.39, 0.29) is 10.7 Å². The average Bonchev–Trinajstić information content (AvgIpc) is 2.50. The van der Waals surface area contributed by atoms with Gasteiger partial charge in [-0.25, -0.2) is 4.39 Å². The number of carbonyl (C=O) groups excluding carboxylic acids is 1. The normalized spacial score (nSPS) is 16.4. The van der Waals surface area contributed by atoms with Gasteiger partial charge >= 0.3 is 0 Å². The number of hydrogen-bond acceptors (Lipinski definition) is 3. The van der Waals surface area contributed by atoms with Gasteiger partial charge in [0.1, 0.15) is 11.6 Å². The lowest BCUT2D eigenvalue weighted by atomic mass is 10.2. The molecule has 21 heavy (non-hydrogen) atoms. The first-order valence-electron chi connectivity index (χ1n) is 6.39. The highest BCUT2D eigenvalue weighted by Crippen LogP contribution is 2.29. The zero-order chi connectivity index (χ0) is 14.8. The van der Waals surface area contributed by atoms with Crippen LogP contribution in [0, 0.1) is 5.82 Å². The Hall–Kier alpha value is -2.27. The van der Waals surface area contributed by atoms with Gasteiger partial charge in [0, 0.05) is 0 Å². The van der Waals surface area contributed by atoms with Gasteiger partial charge in [-0.3, -0.25) is 4.79 Å². The van der Waals surface area contributed by atoms with Crippen LogP contribution in [0.4, 0.5) is 15.8 Å². The Morgan fingerprint density at radius 2 is 2.10 bits per heavy atom. The molecule has 1 amide bonds. The van der Waals surface area contributed by atoms with E-state index in [1.54, 1.807) is 6.07 Å². The van der Waals surface area contributed by atoms with E-state index in [4.69, 9.17) is 16.3 Å². The lowest BCUT2D eigenvalue weighted by Gasteiger charge is -2.26. The van der Waals surface area contributed by atoms with Crippen molar-refractivity contribution in [3.63, 3.8) is 0 Å². The predicted octanol–water partition coefficient (Wildman–Crippen LogP) is 3.29. The number of halogens is 2. The molecule has 0 fully saturated rings. The predicted molar refractivity (Wildman–Crippen MR) is 79.4 cm³/mol. The largest absolute Gasteiger partial charge is 0.477 e. The molecule has 3 rings (SSSR count). The SMILES string of the molecule is O=C(Nc1c(F)cccc1Cl)C1CNc2ccccc2O1. The van der Waals surface area contributed by atoms with Gasteiger partial charge in [-0.05, 0) is 24.3 Å². The summed E-state index contributed by atoms with van der Waals surface area (Å²) in [5.41, 5.74) is 0.789. The van der Waals surface area contributed by atoms with Crippen LogP contribution in [0.3, 0.4) is 0 Å². The molecule has 0 saturated carbocycles. The molecule has 1 aliphatic rings. The smallest absolute Gasteiger partial charge is 0.267 e. The second-order valence-corrected chi connectivity index (χ2v) is 4.98. The third kappa shape index (κ3) is 2.78. The van der Waals surface area contributed by atoms with Crippen LogP contribution in [0.5, 0.6) is 5.75 Å². The molecule has 1 aliphatic heterocycles. The summed E-state index contributed by atoms with van der Waals surface area (Å²) < 4.78 is 19.3. The molecule has 1 unspecified atom stereocenters. The number of benzene rings is 2. The lowest BCUT2D eigenvalue weighted by molar-refractivity contribution is -0.122. The van der Waals surface area contributed by atoms with Crippen molar-refractivity contribution in [2.45, 2.75) is 6.10 Å². The highest BCUT2D eigenvalue weighted by Gasteiger charge is 2.26. The number of nitrogens with one attached hydrogen (secondary N) is 2. The summed E-state index contributed by atoms with van der Waals surface area (Å²) in [6.07, 6.45) is -0.754. The van der Waals surface area contributed by atoms with E-state index in [2.05, 4.69) is 10.6 Å². The second-order valence-electron chi connectivity index (χ2n) is 4.57. The van der Waals surface area contributed by atoms with Crippen molar-refractivity contribution in [3.05, 3.63) is 53.3 Å². The van der Waals surface area contributed by atoms with Gasteiger partial charge in [0.15, 0.2) is 6.10 Å². The number of fused-ring (bicyclic) bond motifs is 1. The number of anilines is 2. The van der Waals surface area contributed by atoms with Crippen molar-refractivity contribution in [2.24, 2.45) is 0 Å². The number of para-hydroxylation sites is 3. The minimum absolute atomic E-state index is 0.0355. The van der Waals surface area contributed by atoms with E-state index in [0.717, 1.165) is 5.69 Å². The highest BCUT2D eigenvalue weighted by atomic mass is 35.5. The molecule has 1 heterocycles. The van der Waals surface area contributed by atoms with Crippen molar-refractivity contribution >= 4 is 28.9 Å². The van der Waals surface area contributed by atoms with Crippen molar-refractivity contribution < 1.29 is 13.9 Å². The van der Waals surface area contributed by atoms with Crippen LogP contribution in [0.2, 0.25) is 5.02 Å². The lowest BCUT2D eigenvalue weighted by Crippen LogP contribution is -2.41. The number of rotatable bonds is 2. The number of carbonyl (C=O) groups is 1. The summed E-state index contributed by atoms with van der Waals surface area (Å²) in [7, 11) is 0. The third-order valence-corrected chi connectivity index (χ3v) is 3.45. The molecule has 2 N–H and O–H groups in total. The van der Waals surface area contributed by atoms with E-state index < -0.39 is 17.8 Å². The van der Waals surface area contributed by atoms with Gasteiger partial charge in [-0.1, -0.05) is 29.8 Å². The third-order valence-electron chi connectivity index (χ3n) is 3.14. The van der Waals surface area contributed by atoms with E-state index in [1.165, 1.54) is 18.2 Å². The maximum atomic E-state index is 13.7. The Kier molecular flexibility index (Phi) is 3.66. The van der Waals surface area contributed by atoms with E-state index in [1.807, 2.05) is 18.2 Å². The standard InChI is InChI=1S/C15H12ClFN2O2/c16-9-4-3-5-10(17)14(9)19-15(20)13-8-18-11-6-1-2-7-12(11)21-13/h1-7,13,18H,8H2,(H,19,20). The van der Waals surface area contributed by atoms with Crippen LogP contribution in [-0.4, -0.2) is 18.6 Å². The Bertz CT molecular complexity index is 673. The molecule has 2 aromatic carbocycles. The number of amides is 1. The van der Waals surface area contributed by atoms with Crippen molar-refractivity contribution in [1.82, 2.24) is 0 Å². The van der Waals surface area contributed by atoms with Crippen LogP contribution in [-0.2, 0) is 4.79 Å². The zero-order valence-electron chi connectivity index (χ0n) is 10.9. The fourth-order valence-corrected chi connectivity index (χ4v) is 2.29. The highest BCUT2D eigenvalue weighted by molar-refractivity contribution is 6.33. The summed E-state index contributed by atoms with van der Waals surface area (Å²) in [6.45, 7) is 0.301. The molecule has 0 aliphatic carbocycles. The number of hydrogen-bond donors (Lipinski definition) is 2. The second kappa shape index (κ2) is 5.61. The topological polar surface area (TPSA) is 50.4 Å². The Morgan fingerprint density at radius 1 is 1.29 bits per heavy atom. The first kappa shape index (κ1) is 13.7. The first-order valence-corrected chi connectivity index (χ1v) is 6.77.